The number of aliphatic carboxylic acids is 1. The van der Waals surface area contributed by atoms with Crippen LogP contribution in [0.1, 0.15) is 63.8 Å². The predicted octanol–water partition coefficient (Wildman–Crippen LogP) is 4.23. The highest BCUT2D eigenvalue weighted by Gasteiger charge is 2.24. The summed E-state index contributed by atoms with van der Waals surface area (Å²) in [5.74, 6) is -0.140. The first kappa shape index (κ1) is 23.9. The lowest BCUT2D eigenvalue weighted by Crippen LogP contribution is -2.35. The van der Waals surface area contributed by atoms with Crippen molar-refractivity contribution in [2.75, 3.05) is 25.4 Å². The molecule has 4 N–H and O–H groups in total. The molecule has 9 heteroatoms. The summed E-state index contributed by atoms with van der Waals surface area (Å²) in [6.07, 6.45) is 8.75. The molecule has 182 valence electrons. The van der Waals surface area contributed by atoms with Gasteiger partial charge in [0.15, 0.2) is 11.3 Å². The van der Waals surface area contributed by atoms with Crippen LogP contribution in [0.15, 0.2) is 30.3 Å². The molecule has 2 aromatic heterocycles. The van der Waals surface area contributed by atoms with Gasteiger partial charge in [-0.1, -0.05) is 37.8 Å². The third kappa shape index (κ3) is 5.83. The lowest BCUT2D eigenvalue weighted by molar-refractivity contribution is -0.137. The molecule has 3 aromatic rings. The number of aromatic nitrogens is 4. The van der Waals surface area contributed by atoms with E-state index >= 15 is 0 Å². The average Bonchev–Trinajstić information content (AvgIpc) is 3.17. The van der Waals surface area contributed by atoms with Crippen LogP contribution < -0.4 is 5.73 Å². The van der Waals surface area contributed by atoms with E-state index in [4.69, 9.17) is 10.8 Å². The summed E-state index contributed by atoms with van der Waals surface area (Å²) in [6, 6.07) is 9.28. The number of fused-ring (bicyclic) bond motifs is 1. The maximum Gasteiger partial charge on any atom is 0.303 e. The molecule has 9 nitrogen and oxygen atoms in total. The number of piperidine rings is 1. The van der Waals surface area contributed by atoms with Crippen LogP contribution in [0.2, 0.25) is 0 Å². The number of para-hydroxylation sites is 1. The molecule has 0 aliphatic carbocycles. The fourth-order valence-electron chi connectivity index (χ4n) is 4.76. The summed E-state index contributed by atoms with van der Waals surface area (Å²) in [4.78, 5) is 13.1. The van der Waals surface area contributed by atoms with E-state index in [1.807, 2.05) is 22.9 Å². The average molecular weight is 467 g/mol. The predicted molar refractivity (Wildman–Crippen MR) is 132 cm³/mol. The van der Waals surface area contributed by atoms with Crippen LogP contribution in [-0.2, 0) is 4.79 Å². The van der Waals surface area contributed by atoms with E-state index in [1.54, 1.807) is 12.1 Å². The van der Waals surface area contributed by atoms with Crippen molar-refractivity contribution in [3.05, 3.63) is 30.3 Å². The number of carbonyl (C=O) groups is 1. The van der Waals surface area contributed by atoms with Crippen molar-refractivity contribution in [2.45, 2.75) is 63.8 Å². The molecule has 1 fully saturated rings. The molecule has 1 aliphatic rings. The summed E-state index contributed by atoms with van der Waals surface area (Å²) >= 11 is 0. The highest BCUT2D eigenvalue weighted by molar-refractivity contribution is 5.87. The Morgan fingerprint density at radius 3 is 2.47 bits per heavy atom. The Balaban J connectivity index is 1.30. The minimum atomic E-state index is -0.696. The maximum atomic E-state index is 10.5. The van der Waals surface area contributed by atoms with Gasteiger partial charge in [0.1, 0.15) is 5.75 Å². The molecule has 3 heterocycles. The lowest BCUT2D eigenvalue weighted by Gasteiger charge is -2.32. The molecule has 1 saturated heterocycles. The van der Waals surface area contributed by atoms with Crippen LogP contribution in [0.25, 0.3) is 22.3 Å². The van der Waals surface area contributed by atoms with Gasteiger partial charge in [-0.2, -0.15) is 5.10 Å². The highest BCUT2D eigenvalue weighted by Crippen LogP contribution is 2.32. The third-order valence-corrected chi connectivity index (χ3v) is 6.68. The first-order chi connectivity index (χ1) is 16.5. The first-order valence-corrected chi connectivity index (χ1v) is 12.3. The molecule has 1 aromatic carbocycles. The van der Waals surface area contributed by atoms with Gasteiger partial charge in [0, 0.05) is 25.1 Å². The number of benzene rings is 1. The van der Waals surface area contributed by atoms with E-state index in [-0.39, 0.29) is 18.2 Å². The topological polar surface area (TPSA) is 130 Å². The number of phenols is 1. The fourth-order valence-corrected chi connectivity index (χ4v) is 4.76. The summed E-state index contributed by atoms with van der Waals surface area (Å²) < 4.78 is 2.00. The number of rotatable bonds is 11. The molecule has 34 heavy (non-hydrogen) atoms. The smallest absolute Gasteiger partial charge is 0.303 e. The van der Waals surface area contributed by atoms with E-state index in [0.29, 0.717) is 22.6 Å². The number of nitrogens with zero attached hydrogens (tertiary/aromatic N) is 5. The monoisotopic (exact) mass is 466 g/mol. The molecular weight excluding hydrogens is 432 g/mol. The quantitative estimate of drug-likeness (QED) is 0.358. The molecule has 0 spiro atoms. The number of aromatic hydroxyl groups is 1. The molecule has 0 amide bonds. The Kier molecular flexibility index (Phi) is 7.95. The number of hydrogen-bond donors (Lipinski definition) is 3. The van der Waals surface area contributed by atoms with Crippen LogP contribution in [0.4, 0.5) is 5.82 Å². The number of hydrogen-bond acceptors (Lipinski definition) is 7. The molecule has 1 aliphatic heterocycles. The zero-order valence-electron chi connectivity index (χ0n) is 19.6. The first-order valence-electron chi connectivity index (χ1n) is 12.3. The van der Waals surface area contributed by atoms with Gasteiger partial charge in [0.2, 0.25) is 0 Å². The molecule has 0 atom stereocenters. The third-order valence-electron chi connectivity index (χ3n) is 6.68. The van der Waals surface area contributed by atoms with Crippen LogP contribution in [0.3, 0.4) is 0 Å². The number of phenolic OH excluding ortho intramolecular Hbond substituents is 1. The zero-order valence-corrected chi connectivity index (χ0v) is 19.6. The molecular formula is C25H34N6O3. The summed E-state index contributed by atoms with van der Waals surface area (Å²) in [7, 11) is 0. The van der Waals surface area contributed by atoms with Gasteiger partial charge < -0.3 is 20.8 Å². The summed E-state index contributed by atoms with van der Waals surface area (Å²) in [6.45, 7) is 3.15. The number of anilines is 1. The van der Waals surface area contributed by atoms with Gasteiger partial charge in [0.25, 0.3) is 0 Å². The zero-order chi connectivity index (χ0) is 23.9. The Bertz CT molecular complexity index is 1110. The number of nitrogens with two attached hydrogens (primary N) is 1. The van der Waals surface area contributed by atoms with Crippen molar-refractivity contribution >= 4 is 22.8 Å². The van der Waals surface area contributed by atoms with Crippen molar-refractivity contribution < 1.29 is 15.0 Å². The Labute approximate surface area is 199 Å². The van der Waals surface area contributed by atoms with Gasteiger partial charge in [-0.3, -0.25) is 9.48 Å². The number of carboxylic acid groups (broad SMARTS) is 1. The second-order valence-corrected chi connectivity index (χ2v) is 9.15. The van der Waals surface area contributed by atoms with Crippen LogP contribution in [-0.4, -0.2) is 60.7 Å². The van der Waals surface area contributed by atoms with Crippen molar-refractivity contribution in [1.29, 1.82) is 0 Å². The van der Waals surface area contributed by atoms with Gasteiger partial charge in [-0.15, -0.1) is 10.2 Å². The second kappa shape index (κ2) is 11.3. The van der Waals surface area contributed by atoms with E-state index in [0.717, 1.165) is 57.3 Å². The standard InChI is InChI=1S/C25H34N6O3/c26-25-24-21(17-20(27-28-24)19-9-6-7-10-22(19)32)31(29-25)18-12-15-30(16-13-18)14-8-4-2-1-3-5-11-23(33)34/h6-7,9-10,17-18,32H,1-5,8,11-16H2,(H2,26,29)(H,33,34). The highest BCUT2D eigenvalue weighted by atomic mass is 16.4. The van der Waals surface area contributed by atoms with Gasteiger partial charge in [-0.05, 0) is 50.4 Å². The van der Waals surface area contributed by atoms with Crippen LogP contribution >= 0.6 is 0 Å². The minimum Gasteiger partial charge on any atom is -0.507 e. The van der Waals surface area contributed by atoms with Crippen molar-refractivity contribution in [2.24, 2.45) is 0 Å². The van der Waals surface area contributed by atoms with Gasteiger partial charge in [-0.25, -0.2) is 0 Å². The van der Waals surface area contributed by atoms with Crippen LogP contribution in [0.5, 0.6) is 5.75 Å². The Hall–Kier alpha value is -3.20. The fraction of sp³-hybridized carbons (Fsp3) is 0.520. The summed E-state index contributed by atoms with van der Waals surface area (Å²) in [5.41, 5.74) is 8.84. The Morgan fingerprint density at radius 2 is 1.74 bits per heavy atom. The van der Waals surface area contributed by atoms with E-state index < -0.39 is 5.97 Å². The summed E-state index contributed by atoms with van der Waals surface area (Å²) in [5, 5.41) is 32.1. The van der Waals surface area contributed by atoms with Crippen molar-refractivity contribution in [3.63, 3.8) is 0 Å². The van der Waals surface area contributed by atoms with Crippen molar-refractivity contribution in [1.82, 2.24) is 24.9 Å². The Morgan fingerprint density at radius 1 is 1.03 bits per heavy atom. The SMILES string of the molecule is Nc1nn(C2CCN(CCCCCCCCC(=O)O)CC2)c2cc(-c3ccccc3O)nnc12. The number of carboxylic acids is 1. The normalized spacial score (nSPS) is 15.2. The molecule has 0 saturated carbocycles. The molecule has 0 unspecified atom stereocenters. The van der Waals surface area contributed by atoms with E-state index in [9.17, 15) is 9.90 Å². The number of likely N-dealkylation sites (tertiary alicyclic amines) is 1. The maximum absolute atomic E-state index is 10.5. The molecule has 0 radical (unpaired) electrons. The van der Waals surface area contributed by atoms with E-state index in [2.05, 4.69) is 20.2 Å². The second-order valence-electron chi connectivity index (χ2n) is 9.15. The number of unbranched alkanes of at least 4 members (excludes halogenated alkanes) is 5. The largest absolute Gasteiger partial charge is 0.507 e. The number of nitrogen functional groups attached to an aromatic ring is 1. The molecule has 0 bridgehead atoms. The van der Waals surface area contributed by atoms with Gasteiger partial charge in [0.05, 0.1) is 17.3 Å². The minimum absolute atomic E-state index is 0.170. The lowest BCUT2D eigenvalue weighted by atomic mass is 10.0. The van der Waals surface area contributed by atoms with Gasteiger partial charge >= 0.3 is 5.97 Å². The van der Waals surface area contributed by atoms with Crippen molar-refractivity contribution in [3.8, 4) is 17.0 Å². The van der Waals surface area contributed by atoms with Crippen LogP contribution in [0, 0.1) is 0 Å². The van der Waals surface area contributed by atoms with E-state index in [1.165, 1.54) is 19.3 Å². The molecule has 4 rings (SSSR count).